The van der Waals surface area contributed by atoms with E-state index in [-0.39, 0.29) is 18.8 Å². The fourth-order valence-electron chi connectivity index (χ4n) is 4.46. The van der Waals surface area contributed by atoms with Crippen LogP contribution in [0.2, 0.25) is 5.02 Å². The Bertz CT molecular complexity index is 1570. The van der Waals surface area contributed by atoms with E-state index in [2.05, 4.69) is 11.6 Å². The standard InChI is InChI=1S/C26H24ClN3O4S3/c1-2-25(24-11-17-7-8-18(27)12-23(17)36-24)37(33,34)30-10-9-29(19(13-30)15-31)14-26-28-21(16-35-26)20-5-3-4-6-22(20)32/h2-8,11-12,15-16,19,25,32H,1,9-10,13-14H2. The number of thiophene rings is 1. The van der Waals surface area contributed by atoms with E-state index in [1.54, 1.807) is 24.3 Å². The van der Waals surface area contributed by atoms with Crippen molar-refractivity contribution in [1.82, 2.24) is 14.2 Å². The number of fused-ring (bicyclic) bond motifs is 1. The molecule has 0 radical (unpaired) electrons. The maximum Gasteiger partial charge on any atom is 0.225 e. The van der Waals surface area contributed by atoms with Crippen LogP contribution in [0.25, 0.3) is 21.3 Å². The monoisotopic (exact) mass is 573 g/mol. The summed E-state index contributed by atoms with van der Waals surface area (Å²) in [7, 11) is -3.79. The highest BCUT2D eigenvalue weighted by atomic mass is 35.5. The molecule has 192 valence electrons. The van der Waals surface area contributed by atoms with E-state index in [1.807, 2.05) is 34.5 Å². The number of halogens is 1. The molecule has 1 aliphatic rings. The van der Waals surface area contributed by atoms with E-state index in [0.717, 1.165) is 21.4 Å². The van der Waals surface area contributed by atoms with Gasteiger partial charge < -0.3 is 9.90 Å². The van der Waals surface area contributed by atoms with Crippen LogP contribution in [-0.2, 0) is 21.4 Å². The largest absolute Gasteiger partial charge is 0.507 e. The van der Waals surface area contributed by atoms with Gasteiger partial charge in [-0.2, -0.15) is 4.31 Å². The molecule has 5 rings (SSSR count). The third kappa shape index (κ3) is 5.22. The van der Waals surface area contributed by atoms with Gasteiger partial charge in [-0.1, -0.05) is 35.9 Å². The SMILES string of the molecule is C=CC(c1cc2ccc(Cl)cc2s1)S(=O)(=O)N1CCN(Cc2nc(-c3ccccc3O)cs2)C(C=O)C1. The van der Waals surface area contributed by atoms with E-state index in [4.69, 9.17) is 11.6 Å². The number of carbonyl (C=O) groups excluding carboxylic acids is 1. The van der Waals surface area contributed by atoms with E-state index < -0.39 is 21.3 Å². The van der Waals surface area contributed by atoms with Crippen LogP contribution in [0.1, 0.15) is 15.1 Å². The molecule has 37 heavy (non-hydrogen) atoms. The van der Waals surface area contributed by atoms with Crippen LogP contribution in [0.5, 0.6) is 5.75 Å². The van der Waals surface area contributed by atoms with E-state index >= 15 is 0 Å². The molecule has 2 atom stereocenters. The summed E-state index contributed by atoms with van der Waals surface area (Å²) in [6.07, 6.45) is 2.24. The molecule has 1 aliphatic heterocycles. The van der Waals surface area contributed by atoms with Crippen LogP contribution in [0.3, 0.4) is 0 Å². The number of phenolic OH excluding ortho intramolecular Hbond substituents is 1. The van der Waals surface area contributed by atoms with Gasteiger partial charge in [-0.3, -0.25) is 4.90 Å². The van der Waals surface area contributed by atoms with E-state index in [0.29, 0.717) is 34.2 Å². The second kappa shape index (κ2) is 10.6. The lowest BCUT2D eigenvalue weighted by atomic mass is 10.1. The number of aromatic nitrogens is 1. The van der Waals surface area contributed by atoms with Crippen molar-refractivity contribution in [1.29, 1.82) is 0 Å². The second-order valence-corrected chi connectivity index (χ2v) is 13.3. The molecule has 2 unspecified atom stereocenters. The number of rotatable bonds is 8. The number of phenols is 1. The number of sulfonamides is 1. The first-order chi connectivity index (χ1) is 17.8. The molecular formula is C26H24ClN3O4S3. The summed E-state index contributed by atoms with van der Waals surface area (Å²) in [4.78, 5) is 19.3. The lowest BCUT2D eigenvalue weighted by Crippen LogP contribution is -2.55. The summed E-state index contributed by atoms with van der Waals surface area (Å²) in [6, 6.07) is 13.7. The fraction of sp³-hybridized carbons (Fsp3) is 0.231. The van der Waals surface area contributed by atoms with Gasteiger partial charge in [0.15, 0.2) is 0 Å². The van der Waals surface area contributed by atoms with Gasteiger partial charge in [-0.15, -0.1) is 29.3 Å². The summed E-state index contributed by atoms with van der Waals surface area (Å²) in [5.41, 5.74) is 1.31. The van der Waals surface area contributed by atoms with Gasteiger partial charge in [0.2, 0.25) is 10.0 Å². The van der Waals surface area contributed by atoms with Crippen molar-refractivity contribution in [2.24, 2.45) is 0 Å². The van der Waals surface area contributed by atoms with Gasteiger partial charge in [0.1, 0.15) is 22.3 Å². The molecule has 2 aromatic heterocycles. The molecule has 3 heterocycles. The summed E-state index contributed by atoms with van der Waals surface area (Å²) in [5, 5.41) is 13.4. The number of piperazine rings is 1. The molecule has 0 saturated carbocycles. The molecule has 0 bridgehead atoms. The highest BCUT2D eigenvalue weighted by molar-refractivity contribution is 7.89. The first-order valence-corrected chi connectivity index (χ1v) is 15.1. The number of aromatic hydroxyl groups is 1. The minimum Gasteiger partial charge on any atom is -0.507 e. The maximum atomic E-state index is 13.6. The summed E-state index contributed by atoms with van der Waals surface area (Å²) >= 11 is 8.92. The third-order valence-electron chi connectivity index (χ3n) is 6.40. The summed E-state index contributed by atoms with van der Waals surface area (Å²) < 4.78 is 29.6. The Kier molecular flexibility index (Phi) is 7.49. The van der Waals surface area contributed by atoms with Gasteiger partial charge in [-0.05, 0) is 35.7 Å². The zero-order chi connectivity index (χ0) is 26.2. The van der Waals surface area contributed by atoms with Gasteiger partial charge >= 0.3 is 0 Å². The van der Waals surface area contributed by atoms with Gasteiger partial charge in [0, 0.05) is 45.2 Å². The Morgan fingerprint density at radius 1 is 1.22 bits per heavy atom. The van der Waals surface area contributed by atoms with Crippen LogP contribution < -0.4 is 0 Å². The van der Waals surface area contributed by atoms with Crippen LogP contribution in [0, 0.1) is 0 Å². The first kappa shape index (κ1) is 26.0. The highest BCUT2D eigenvalue weighted by Crippen LogP contribution is 2.37. The summed E-state index contributed by atoms with van der Waals surface area (Å²) in [6.45, 7) is 4.92. The molecular weight excluding hydrogens is 550 g/mol. The Morgan fingerprint density at radius 3 is 2.78 bits per heavy atom. The number of hydrogen-bond donors (Lipinski definition) is 1. The average Bonchev–Trinajstić information content (AvgIpc) is 3.51. The maximum absolute atomic E-state index is 13.6. The van der Waals surface area contributed by atoms with Crippen molar-refractivity contribution in [3.05, 3.63) is 81.5 Å². The Hall–Kier alpha value is -2.60. The van der Waals surface area contributed by atoms with Crippen molar-refractivity contribution in [3.63, 3.8) is 0 Å². The second-order valence-electron chi connectivity index (χ2n) is 8.71. The Morgan fingerprint density at radius 2 is 2.03 bits per heavy atom. The fourth-order valence-corrected chi connectivity index (χ4v) is 8.73. The smallest absolute Gasteiger partial charge is 0.225 e. The Labute approximate surface area is 228 Å². The number of para-hydroxylation sites is 1. The van der Waals surface area contributed by atoms with Gasteiger partial charge in [0.05, 0.1) is 18.3 Å². The summed E-state index contributed by atoms with van der Waals surface area (Å²) in [5.74, 6) is 0.155. The molecule has 1 saturated heterocycles. The molecule has 7 nitrogen and oxygen atoms in total. The van der Waals surface area contributed by atoms with Crippen molar-refractivity contribution in [2.75, 3.05) is 19.6 Å². The molecule has 1 N–H and O–H groups in total. The van der Waals surface area contributed by atoms with Gasteiger partial charge in [0.25, 0.3) is 0 Å². The molecule has 4 aromatic rings. The van der Waals surface area contributed by atoms with Crippen LogP contribution in [-0.4, -0.2) is 59.7 Å². The zero-order valence-corrected chi connectivity index (χ0v) is 22.9. The number of nitrogens with zero attached hydrogens (tertiary/aromatic N) is 3. The van der Waals surface area contributed by atoms with Crippen molar-refractivity contribution in [2.45, 2.75) is 17.8 Å². The average molecular weight is 574 g/mol. The predicted molar refractivity (Wildman–Crippen MR) is 150 cm³/mol. The van der Waals surface area contributed by atoms with E-state index in [1.165, 1.54) is 33.1 Å². The third-order valence-corrected chi connectivity index (χ3v) is 10.9. The molecule has 0 spiro atoms. The van der Waals surface area contributed by atoms with Crippen molar-refractivity contribution >= 4 is 60.7 Å². The highest BCUT2D eigenvalue weighted by Gasteiger charge is 2.38. The molecule has 2 aromatic carbocycles. The number of carbonyl (C=O) groups is 1. The lowest BCUT2D eigenvalue weighted by molar-refractivity contribution is -0.114. The van der Waals surface area contributed by atoms with Crippen LogP contribution in [0.4, 0.5) is 0 Å². The van der Waals surface area contributed by atoms with E-state index in [9.17, 15) is 18.3 Å². The van der Waals surface area contributed by atoms with Gasteiger partial charge in [-0.25, -0.2) is 13.4 Å². The number of hydrogen-bond acceptors (Lipinski definition) is 8. The molecule has 1 fully saturated rings. The molecule has 0 amide bonds. The minimum absolute atomic E-state index is 0.0601. The number of thiazole rings is 1. The molecule has 11 heteroatoms. The van der Waals surface area contributed by atoms with Crippen molar-refractivity contribution < 1.29 is 18.3 Å². The Balaban J connectivity index is 1.32. The molecule has 0 aliphatic carbocycles. The van der Waals surface area contributed by atoms with Crippen LogP contribution >= 0.6 is 34.3 Å². The quantitative estimate of drug-likeness (QED) is 0.226. The number of benzene rings is 2. The first-order valence-electron chi connectivity index (χ1n) is 11.5. The number of aldehydes is 1. The van der Waals surface area contributed by atoms with Crippen molar-refractivity contribution in [3.8, 4) is 17.0 Å². The minimum atomic E-state index is -3.79. The lowest BCUT2D eigenvalue weighted by Gasteiger charge is -2.38. The normalized spacial score (nSPS) is 18.1. The van der Waals surface area contributed by atoms with Crippen LogP contribution in [0.15, 0.2) is 66.6 Å². The predicted octanol–water partition coefficient (Wildman–Crippen LogP) is 5.33. The zero-order valence-electron chi connectivity index (χ0n) is 19.7. The topological polar surface area (TPSA) is 90.8 Å².